The molecule has 7 nitrogen and oxygen atoms in total. The number of methoxy groups -OCH3 is 1. The Bertz CT molecular complexity index is 735. The number of nitrogens with zero attached hydrogens (tertiary/aromatic N) is 2. The molecule has 0 bridgehead atoms. The molecule has 0 aromatic rings. The van der Waals surface area contributed by atoms with Crippen LogP contribution in [0.1, 0.15) is 13.3 Å². The zero-order valence-electron chi connectivity index (χ0n) is 14.4. The predicted molar refractivity (Wildman–Crippen MR) is 91.7 cm³/mol. The Labute approximate surface area is 158 Å². The molecule has 0 fully saturated rings. The molecule has 0 aromatic heterocycles. The summed E-state index contributed by atoms with van der Waals surface area (Å²) in [5.41, 5.74) is 0.629. The van der Waals surface area contributed by atoms with Gasteiger partial charge in [-0.3, -0.25) is 4.79 Å². The highest BCUT2D eigenvalue weighted by molar-refractivity contribution is 6.30. The maximum absolute atomic E-state index is 12.3. The summed E-state index contributed by atoms with van der Waals surface area (Å²) in [4.78, 5) is 23.6. The Hall–Kier alpha value is -2.51. The average molecular weight is 408 g/mol. The number of carbonyl (C=O) groups excluding carboxylic acids is 2. The number of aliphatic hydroxyl groups excluding tert-OH is 1. The quantitative estimate of drug-likeness (QED) is 0.304. The summed E-state index contributed by atoms with van der Waals surface area (Å²) >= 11 is 5.87. The Morgan fingerprint density at radius 2 is 2.15 bits per heavy atom. The molecule has 0 saturated carbocycles. The van der Waals surface area contributed by atoms with Gasteiger partial charge in [-0.05, 0) is 19.1 Å². The SMILES string of the molecule is COC(=O)CN(/N=C(\C)C1=CC=C(Cl)CC#C1)C(=O)NC[C@H](O)C(F)(F)F. The third-order valence-electron chi connectivity index (χ3n) is 3.14. The largest absolute Gasteiger partial charge is 0.468 e. The van der Waals surface area contributed by atoms with Crippen LogP contribution in [0.4, 0.5) is 18.0 Å². The number of hydrogen-bond donors (Lipinski definition) is 2. The number of nitrogens with one attached hydrogen (secondary N) is 1. The van der Waals surface area contributed by atoms with Crippen LogP contribution in [0.3, 0.4) is 0 Å². The molecule has 1 aliphatic rings. The minimum atomic E-state index is -4.90. The first kappa shape index (κ1) is 22.5. The second kappa shape index (κ2) is 9.99. The topological polar surface area (TPSA) is 91.2 Å². The summed E-state index contributed by atoms with van der Waals surface area (Å²) in [7, 11) is 1.08. The predicted octanol–water partition coefficient (Wildman–Crippen LogP) is 1.93. The van der Waals surface area contributed by atoms with Crippen LogP contribution in [0.5, 0.6) is 0 Å². The van der Waals surface area contributed by atoms with Gasteiger partial charge < -0.3 is 15.2 Å². The van der Waals surface area contributed by atoms with Gasteiger partial charge in [-0.25, -0.2) is 9.80 Å². The Morgan fingerprint density at radius 3 is 2.74 bits per heavy atom. The number of hydrogen-bond acceptors (Lipinski definition) is 5. The van der Waals surface area contributed by atoms with E-state index >= 15 is 0 Å². The summed E-state index contributed by atoms with van der Waals surface area (Å²) in [6, 6.07) is -1.13. The number of halogens is 4. The lowest BCUT2D eigenvalue weighted by Crippen LogP contribution is -2.46. The number of allylic oxidation sites excluding steroid dienone is 4. The van der Waals surface area contributed by atoms with Gasteiger partial charge in [-0.2, -0.15) is 18.3 Å². The lowest BCUT2D eigenvalue weighted by atomic mass is 10.2. The van der Waals surface area contributed by atoms with E-state index in [1.54, 1.807) is 12.2 Å². The molecule has 27 heavy (non-hydrogen) atoms. The number of ether oxygens (including phenoxy) is 1. The smallest absolute Gasteiger partial charge is 0.416 e. The van der Waals surface area contributed by atoms with E-state index < -0.39 is 37.4 Å². The van der Waals surface area contributed by atoms with Crippen molar-refractivity contribution in [3.8, 4) is 11.8 Å². The van der Waals surface area contributed by atoms with Crippen molar-refractivity contribution >= 4 is 29.3 Å². The number of alkyl halides is 3. The number of rotatable bonds is 6. The van der Waals surface area contributed by atoms with Gasteiger partial charge in [0, 0.05) is 17.0 Å². The fraction of sp³-hybridized carbons (Fsp3) is 0.438. The first-order chi connectivity index (χ1) is 12.5. The highest BCUT2D eigenvalue weighted by atomic mass is 35.5. The van der Waals surface area contributed by atoms with Crippen LogP contribution in [-0.2, 0) is 9.53 Å². The van der Waals surface area contributed by atoms with E-state index in [4.69, 9.17) is 16.7 Å². The van der Waals surface area contributed by atoms with Crippen LogP contribution in [0.25, 0.3) is 0 Å². The van der Waals surface area contributed by atoms with Crippen LogP contribution in [0.2, 0.25) is 0 Å². The molecule has 2 N–H and O–H groups in total. The van der Waals surface area contributed by atoms with Gasteiger partial charge in [0.2, 0.25) is 0 Å². The Morgan fingerprint density at radius 1 is 1.48 bits per heavy atom. The van der Waals surface area contributed by atoms with Crippen molar-refractivity contribution in [1.29, 1.82) is 0 Å². The monoisotopic (exact) mass is 407 g/mol. The molecule has 0 radical (unpaired) electrons. The normalized spacial score (nSPS) is 15.4. The fourth-order valence-electron chi connectivity index (χ4n) is 1.67. The highest BCUT2D eigenvalue weighted by Crippen LogP contribution is 2.19. The summed E-state index contributed by atoms with van der Waals surface area (Å²) in [6.45, 7) is -0.260. The Balaban J connectivity index is 2.97. The van der Waals surface area contributed by atoms with Crippen molar-refractivity contribution in [2.24, 2.45) is 5.10 Å². The molecule has 0 unspecified atom stereocenters. The molecule has 1 atom stereocenters. The van der Waals surface area contributed by atoms with Crippen molar-refractivity contribution < 1.29 is 32.6 Å². The van der Waals surface area contributed by atoms with Crippen LogP contribution in [0, 0.1) is 11.8 Å². The number of amides is 2. The van der Waals surface area contributed by atoms with E-state index in [0.717, 1.165) is 7.11 Å². The number of esters is 1. The molecule has 0 saturated heterocycles. The van der Waals surface area contributed by atoms with Gasteiger partial charge in [0.25, 0.3) is 0 Å². The van der Waals surface area contributed by atoms with Crippen molar-refractivity contribution in [2.75, 3.05) is 20.2 Å². The van der Waals surface area contributed by atoms with E-state index in [9.17, 15) is 22.8 Å². The zero-order chi connectivity index (χ0) is 20.6. The van der Waals surface area contributed by atoms with Crippen molar-refractivity contribution in [3.63, 3.8) is 0 Å². The fourth-order valence-corrected chi connectivity index (χ4v) is 1.80. The van der Waals surface area contributed by atoms with E-state index in [1.807, 2.05) is 5.32 Å². The summed E-state index contributed by atoms with van der Waals surface area (Å²) < 4.78 is 41.4. The molecule has 1 rings (SSSR count). The standard InChI is InChI=1S/C16H17ClF3N3O4/c1-10(11-4-3-5-12(17)7-6-11)22-23(9-14(25)27-2)15(26)21-8-13(24)16(18,19)20/h6-7,13,24H,5,8-9H2,1-2H3,(H,21,26)/b22-10+/t13-/m0/s1. The molecule has 0 aromatic carbocycles. The minimum Gasteiger partial charge on any atom is -0.468 e. The highest BCUT2D eigenvalue weighted by Gasteiger charge is 2.38. The second-order valence-corrected chi connectivity index (χ2v) is 5.72. The molecule has 11 heteroatoms. The summed E-state index contributed by atoms with van der Waals surface area (Å²) in [5.74, 6) is 4.70. The third-order valence-corrected chi connectivity index (χ3v) is 3.40. The van der Waals surface area contributed by atoms with Crippen LogP contribution >= 0.6 is 11.6 Å². The van der Waals surface area contributed by atoms with Crippen molar-refractivity contribution in [2.45, 2.75) is 25.6 Å². The molecule has 0 heterocycles. The average Bonchev–Trinajstić information content (AvgIpc) is 2.82. The van der Waals surface area contributed by atoms with E-state index in [1.165, 1.54) is 6.92 Å². The number of hydrazone groups is 1. The molecule has 0 spiro atoms. The lowest BCUT2D eigenvalue weighted by molar-refractivity contribution is -0.201. The maximum atomic E-state index is 12.3. The molecular formula is C16H17ClF3N3O4. The van der Waals surface area contributed by atoms with Crippen LogP contribution in [-0.4, -0.2) is 60.3 Å². The van der Waals surface area contributed by atoms with Gasteiger partial charge in [-0.15, -0.1) is 0 Å². The first-order valence-corrected chi connectivity index (χ1v) is 7.90. The second-order valence-electron chi connectivity index (χ2n) is 5.24. The number of carbonyl (C=O) groups is 2. The van der Waals surface area contributed by atoms with E-state index in [2.05, 4.69) is 21.7 Å². The molecular weight excluding hydrogens is 391 g/mol. The molecule has 0 aliphatic heterocycles. The Kier molecular flexibility index (Phi) is 8.33. The zero-order valence-corrected chi connectivity index (χ0v) is 15.2. The first-order valence-electron chi connectivity index (χ1n) is 7.52. The third kappa shape index (κ3) is 7.72. The van der Waals surface area contributed by atoms with Crippen LogP contribution in [0.15, 0.2) is 27.9 Å². The van der Waals surface area contributed by atoms with Crippen LogP contribution < -0.4 is 5.32 Å². The van der Waals surface area contributed by atoms with Crippen molar-refractivity contribution in [3.05, 3.63) is 22.8 Å². The molecule has 2 amide bonds. The maximum Gasteiger partial charge on any atom is 0.416 e. The molecule has 148 valence electrons. The van der Waals surface area contributed by atoms with Crippen molar-refractivity contribution in [1.82, 2.24) is 10.3 Å². The minimum absolute atomic E-state index is 0.223. The van der Waals surface area contributed by atoms with E-state index in [0.29, 0.717) is 22.0 Å². The van der Waals surface area contributed by atoms with Gasteiger partial charge in [-0.1, -0.05) is 23.4 Å². The number of urea groups is 1. The van der Waals surface area contributed by atoms with Gasteiger partial charge >= 0.3 is 18.2 Å². The number of aliphatic hydroxyl groups is 1. The lowest BCUT2D eigenvalue weighted by Gasteiger charge is -2.20. The van der Waals surface area contributed by atoms with Gasteiger partial charge in [0.05, 0.1) is 19.4 Å². The summed E-state index contributed by atoms with van der Waals surface area (Å²) in [5, 5.41) is 15.8. The van der Waals surface area contributed by atoms with Gasteiger partial charge in [0.15, 0.2) is 6.10 Å². The van der Waals surface area contributed by atoms with Gasteiger partial charge in [0.1, 0.15) is 6.54 Å². The van der Waals surface area contributed by atoms with E-state index in [-0.39, 0.29) is 5.71 Å². The molecule has 1 aliphatic carbocycles. The summed E-state index contributed by atoms with van der Waals surface area (Å²) in [6.07, 6.45) is -4.19.